The summed E-state index contributed by atoms with van der Waals surface area (Å²) in [7, 11) is 0. The summed E-state index contributed by atoms with van der Waals surface area (Å²) in [5.74, 6) is -0.562. The van der Waals surface area contributed by atoms with Crippen molar-refractivity contribution >= 4 is 29.4 Å². The number of carbonyl (C=O) groups is 2. The molecule has 1 aliphatic carbocycles. The molecule has 0 radical (unpaired) electrons. The van der Waals surface area contributed by atoms with Crippen molar-refractivity contribution in [1.29, 1.82) is 0 Å². The number of carboxylic acid groups (broad SMARTS) is 1. The molecule has 2 aromatic carbocycles. The van der Waals surface area contributed by atoms with E-state index in [0.29, 0.717) is 16.5 Å². The first-order chi connectivity index (χ1) is 16.1. The Morgan fingerprint density at radius 1 is 1.15 bits per heavy atom. The van der Waals surface area contributed by atoms with E-state index in [1.807, 2.05) is 51.1 Å². The molecule has 180 valence electrons. The fraction of sp³-hybridized carbons (Fsp3) is 0.444. The van der Waals surface area contributed by atoms with E-state index in [2.05, 4.69) is 5.10 Å². The number of hydrazone groups is 1. The van der Waals surface area contributed by atoms with Crippen LogP contribution in [0.3, 0.4) is 0 Å². The van der Waals surface area contributed by atoms with Gasteiger partial charge in [-0.3, -0.25) is 9.59 Å². The van der Waals surface area contributed by atoms with Gasteiger partial charge in [0, 0.05) is 10.6 Å². The second-order valence-corrected chi connectivity index (χ2v) is 10.6. The Morgan fingerprint density at radius 2 is 1.82 bits per heavy atom. The van der Waals surface area contributed by atoms with E-state index in [1.54, 1.807) is 18.2 Å². The third-order valence-corrected chi connectivity index (χ3v) is 7.37. The van der Waals surface area contributed by atoms with Crippen LogP contribution in [-0.2, 0) is 26.3 Å². The van der Waals surface area contributed by atoms with Gasteiger partial charge in [0.05, 0.1) is 6.54 Å². The van der Waals surface area contributed by atoms with Crippen LogP contribution in [-0.4, -0.2) is 34.5 Å². The average molecular weight is 483 g/mol. The highest BCUT2D eigenvalue weighted by atomic mass is 35.5. The molecule has 1 fully saturated rings. The lowest BCUT2D eigenvalue weighted by atomic mass is 9.55. The average Bonchev–Trinajstić information content (AvgIpc) is 3.30. The second kappa shape index (κ2) is 9.41. The molecular weight excluding hydrogens is 452 g/mol. The van der Waals surface area contributed by atoms with Gasteiger partial charge in [-0.05, 0) is 53.5 Å². The molecule has 0 bridgehead atoms. The molecule has 1 amide bonds. The summed E-state index contributed by atoms with van der Waals surface area (Å²) in [5.41, 5.74) is 0.973. The molecule has 0 saturated heterocycles. The zero-order chi connectivity index (χ0) is 24.5. The van der Waals surface area contributed by atoms with Gasteiger partial charge >= 0.3 is 5.97 Å². The smallest absolute Gasteiger partial charge is 0.314 e. The SMILES string of the molecule is CC(C)(C)C(C(=O)O)(c1ccc(CN2N=C(c3cccc(Cl)c3)OCC2=O)cc1)C1CCCC1. The van der Waals surface area contributed by atoms with Crippen molar-refractivity contribution in [2.24, 2.45) is 16.4 Å². The Hall–Kier alpha value is -2.86. The van der Waals surface area contributed by atoms with Crippen molar-refractivity contribution < 1.29 is 19.4 Å². The number of rotatable bonds is 6. The number of hydrogen-bond donors (Lipinski definition) is 1. The minimum absolute atomic E-state index is 0.0986. The number of ether oxygens (including phenoxy) is 1. The van der Waals surface area contributed by atoms with Crippen molar-refractivity contribution in [2.75, 3.05) is 6.61 Å². The Kier molecular flexibility index (Phi) is 6.72. The number of carboxylic acids is 1. The lowest BCUT2D eigenvalue weighted by Gasteiger charge is -2.46. The quantitative estimate of drug-likeness (QED) is 0.579. The predicted octanol–water partition coefficient (Wildman–Crippen LogP) is 5.62. The number of nitrogens with zero attached hydrogens (tertiary/aromatic N) is 2. The molecule has 0 spiro atoms. The molecular formula is C27H31ClN2O4. The van der Waals surface area contributed by atoms with E-state index in [9.17, 15) is 14.7 Å². The van der Waals surface area contributed by atoms with E-state index < -0.39 is 16.8 Å². The molecule has 4 rings (SSSR count). The van der Waals surface area contributed by atoms with E-state index in [4.69, 9.17) is 16.3 Å². The van der Waals surface area contributed by atoms with Crippen LogP contribution < -0.4 is 0 Å². The van der Waals surface area contributed by atoms with E-state index in [-0.39, 0.29) is 25.0 Å². The minimum atomic E-state index is -0.964. The zero-order valence-corrected chi connectivity index (χ0v) is 20.6. The summed E-state index contributed by atoms with van der Waals surface area (Å²) < 4.78 is 5.52. The summed E-state index contributed by atoms with van der Waals surface area (Å²) in [6.45, 7) is 6.23. The van der Waals surface area contributed by atoms with Gasteiger partial charge in [0.15, 0.2) is 6.61 Å². The third kappa shape index (κ3) is 4.43. The monoisotopic (exact) mass is 482 g/mol. The van der Waals surface area contributed by atoms with Crippen LogP contribution in [0.5, 0.6) is 0 Å². The predicted molar refractivity (Wildman–Crippen MR) is 132 cm³/mol. The Balaban J connectivity index is 1.62. The van der Waals surface area contributed by atoms with Gasteiger partial charge in [-0.2, -0.15) is 0 Å². The standard InChI is InChI=1S/C27H31ClN2O4/c1-26(2,3)27(25(32)33,20-8-4-5-9-20)21-13-11-18(12-14-21)16-30-23(31)17-34-24(29-30)19-7-6-10-22(28)15-19/h6-7,10-15,20H,4-5,8-9,16-17H2,1-3H3,(H,32,33). The van der Waals surface area contributed by atoms with Crippen LogP contribution >= 0.6 is 11.6 Å². The summed E-state index contributed by atoms with van der Waals surface area (Å²) in [5, 5.41) is 16.8. The molecule has 6 nitrogen and oxygen atoms in total. The van der Waals surface area contributed by atoms with Crippen molar-refractivity contribution in [3.05, 3.63) is 70.2 Å². The van der Waals surface area contributed by atoms with Crippen LogP contribution in [0.2, 0.25) is 5.02 Å². The second-order valence-electron chi connectivity index (χ2n) is 10.2. The Morgan fingerprint density at radius 3 is 2.41 bits per heavy atom. The van der Waals surface area contributed by atoms with Gasteiger partial charge in [0.25, 0.3) is 5.91 Å². The maximum absolute atomic E-state index is 12.8. The van der Waals surface area contributed by atoms with Crippen LogP contribution in [0.1, 0.15) is 63.1 Å². The number of aliphatic carboxylic acids is 1. The molecule has 34 heavy (non-hydrogen) atoms. The molecule has 7 heteroatoms. The first-order valence-electron chi connectivity index (χ1n) is 11.7. The van der Waals surface area contributed by atoms with Gasteiger partial charge in [-0.1, -0.05) is 75.5 Å². The zero-order valence-electron chi connectivity index (χ0n) is 19.9. The molecule has 1 N–H and O–H groups in total. The highest BCUT2D eigenvalue weighted by molar-refractivity contribution is 6.31. The fourth-order valence-electron chi connectivity index (χ4n) is 5.59. The van der Waals surface area contributed by atoms with Gasteiger partial charge in [-0.15, -0.1) is 5.10 Å². The lowest BCUT2D eigenvalue weighted by Crippen LogP contribution is -2.52. The number of halogens is 1. The molecule has 0 aromatic heterocycles. The first kappa shape index (κ1) is 24.3. The van der Waals surface area contributed by atoms with E-state index >= 15 is 0 Å². The third-order valence-electron chi connectivity index (χ3n) is 7.13. The van der Waals surface area contributed by atoms with E-state index in [1.165, 1.54) is 5.01 Å². The largest absolute Gasteiger partial charge is 0.481 e. The molecule has 1 unspecified atom stereocenters. The van der Waals surface area contributed by atoms with Gasteiger partial charge in [0.1, 0.15) is 5.41 Å². The van der Waals surface area contributed by atoms with Crippen molar-refractivity contribution in [1.82, 2.24) is 5.01 Å². The number of carbonyl (C=O) groups excluding carboxylic acids is 1. The molecule has 2 aromatic rings. The number of benzene rings is 2. The summed E-state index contributed by atoms with van der Waals surface area (Å²) in [4.78, 5) is 25.3. The normalized spacial score (nSPS) is 18.9. The van der Waals surface area contributed by atoms with Gasteiger partial charge < -0.3 is 9.84 Å². The van der Waals surface area contributed by atoms with Crippen molar-refractivity contribution in [3.8, 4) is 0 Å². The highest BCUT2D eigenvalue weighted by Crippen LogP contribution is 2.52. The van der Waals surface area contributed by atoms with Crippen LogP contribution in [0, 0.1) is 11.3 Å². The van der Waals surface area contributed by atoms with Crippen LogP contribution in [0.4, 0.5) is 0 Å². The van der Waals surface area contributed by atoms with Crippen LogP contribution in [0.25, 0.3) is 0 Å². The molecule has 2 aliphatic rings. The molecule has 1 saturated carbocycles. The highest BCUT2D eigenvalue weighted by Gasteiger charge is 2.55. The van der Waals surface area contributed by atoms with Crippen molar-refractivity contribution in [2.45, 2.75) is 58.4 Å². The Bertz CT molecular complexity index is 1100. The summed E-state index contributed by atoms with van der Waals surface area (Å²) in [6, 6.07) is 14.8. The van der Waals surface area contributed by atoms with Crippen molar-refractivity contribution in [3.63, 3.8) is 0 Å². The fourth-order valence-corrected chi connectivity index (χ4v) is 5.78. The Labute approximate surface area is 205 Å². The number of hydrogen-bond acceptors (Lipinski definition) is 4. The first-order valence-corrected chi connectivity index (χ1v) is 12.1. The summed E-state index contributed by atoms with van der Waals surface area (Å²) in [6.07, 6.45) is 3.99. The maximum atomic E-state index is 12.8. The van der Waals surface area contributed by atoms with Gasteiger partial charge in [-0.25, -0.2) is 5.01 Å². The lowest BCUT2D eigenvalue weighted by molar-refractivity contribution is -0.152. The molecule has 1 aliphatic heterocycles. The van der Waals surface area contributed by atoms with Crippen LogP contribution in [0.15, 0.2) is 53.6 Å². The molecule has 1 heterocycles. The topological polar surface area (TPSA) is 79.2 Å². The molecule has 1 atom stereocenters. The summed E-state index contributed by atoms with van der Waals surface area (Å²) >= 11 is 6.08. The van der Waals surface area contributed by atoms with E-state index in [0.717, 1.165) is 36.8 Å². The van der Waals surface area contributed by atoms with Gasteiger partial charge in [0.2, 0.25) is 5.90 Å². The number of amides is 1. The minimum Gasteiger partial charge on any atom is -0.481 e. The maximum Gasteiger partial charge on any atom is 0.314 e.